The monoisotopic (exact) mass is 379 g/mol. The van der Waals surface area contributed by atoms with Crippen LogP contribution in [0, 0.1) is 0 Å². The third-order valence-electron chi connectivity index (χ3n) is 2.98. The predicted octanol–water partition coefficient (Wildman–Crippen LogP) is 2.67. The van der Waals surface area contributed by atoms with E-state index in [0.717, 1.165) is 22.9 Å². The number of hydrogen-bond acceptors (Lipinski definition) is 4. The van der Waals surface area contributed by atoms with E-state index in [4.69, 9.17) is 5.73 Å². The van der Waals surface area contributed by atoms with Gasteiger partial charge in [0.25, 0.3) is 0 Å². The van der Waals surface area contributed by atoms with Crippen LogP contribution in [0.1, 0.15) is 23.4 Å². The topological polar surface area (TPSA) is 43.1 Å². The average molecular weight is 378 g/mol. The number of carbonyl (C=O) groups is 1. The molecule has 2 unspecified atom stereocenters. The van der Waals surface area contributed by atoms with Crippen LogP contribution in [0.25, 0.3) is 0 Å². The number of thiophene rings is 1. The standard InChI is InChI=1S/C8H12NS.C2H3O.C2H5S.Sn.H/c1-3-7-4-5-10-8(7)6(2)9;2*1-2-3;;/h4-6H,1,3,9H2,2H3;2H,1H2;3H,1-2H2;;. The molecule has 0 aromatic carbocycles. The van der Waals surface area contributed by atoms with E-state index in [-0.39, 0.29) is 6.04 Å². The third kappa shape index (κ3) is 5.32. The number of carbonyl (C=O) groups excluding carboxylic acids is 1. The van der Waals surface area contributed by atoms with Crippen molar-refractivity contribution in [1.29, 1.82) is 0 Å². The molecule has 1 rings (SSSR count). The molecule has 0 aliphatic heterocycles. The maximum absolute atomic E-state index is 10.6. The normalized spacial score (nSPS) is 14.5. The van der Waals surface area contributed by atoms with Gasteiger partial charge in [-0.3, -0.25) is 0 Å². The van der Waals surface area contributed by atoms with Gasteiger partial charge in [-0.25, -0.2) is 0 Å². The molecule has 0 saturated carbocycles. The summed E-state index contributed by atoms with van der Waals surface area (Å²) in [5, 5.41) is 2.12. The van der Waals surface area contributed by atoms with Gasteiger partial charge in [0.2, 0.25) is 0 Å². The second-order valence-corrected chi connectivity index (χ2v) is 15.4. The predicted molar refractivity (Wildman–Crippen MR) is 82.1 cm³/mol. The molecule has 1 heterocycles. The van der Waals surface area contributed by atoms with E-state index in [0.29, 0.717) is 0 Å². The van der Waals surface area contributed by atoms with E-state index in [9.17, 15) is 4.79 Å². The molecule has 2 nitrogen and oxygen atoms in total. The summed E-state index contributed by atoms with van der Waals surface area (Å²) >= 11 is 4.43. The number of hydrogen-bond donors (Lipinski definition) is 2. The molecule has 0 fully saturated rings. The summed E-state index contributed by atoms with van der Waals surface area (Å²) in [5.74, 6) is 0.943. The second kappa shape index (κ2) is 8.56. The van der Waals surface area contributed by atoms with Crippen LogP contribution in [0.15, 0.2) is 11.4 Å². The molecular weight excluding hydrogens is 357 g/mol. The number of rotatable bonds is 8. The van der Waals surface area contributed by atoms with Gasteiger partial charge < -0.3 is 0 Å². The minimum absolute atomic E-state index is 0.134. The van der Waals surface area contributed by atoms with Crippen molar-refractivity contribution in [3.05, 3.63) is 21.9 Å². The first-order valence-corrected chi connectivity index (χ1v) is 14.6. The van der Waals surface area contributed by atoms with Gasteiger partial charge in [0, 0.05) is 0 Å². The molecular formula is C12H21NOS2Sn. The van der Waals surface area contributed by atoms with E-state index in [1.165, 1.54) is 19.3 Å². The van der Waals surface area contributed by atoms with Crippen LogP contribution in [-0.2, 0) is 11.2 Å². The summed E-state index contributed by atoms with van der Waals surface area (Å²) in [6, 6.07) is 2.32. The molecule has 96 valence electrons. The van der Waals surface area contributed by atoms with Crippen LogP contribution in [0.4, 0.5) is 0 Å². The van der Waals surface area contributed by atoms with Crippen LogP contribution >= 0.6 is 24.0 Å². The van der Waals surface area contributed by atoms with Gasteiger partial charge in [-0.15, -0.1) is 0 Å². The van der Waals surface area contributed by atoms with Crippen LogP contribution in [0.2, 0.25) is 13.3 Å². The Hall–Kier alpha value is 0.479. The Kier molecular flexibility index (Phi) is 7.82. The quantitative estimate of drug-likeness (QED) is 0.415. The average Bonchev–Trinajstić information content (AvgIpc) is 2.74. The summed E-state index contributed by atoms with van der Waals surface area (Å²) in [5.41, 5.74) is 7.34. The van der Waals surface area contributed by atoms with E-state index < -0.39 is 19.8 Å². The SMILES string of the molecule is CC(N)c1sccc1C[CH2][SnH]([CH2]C=O)[CH2]CS. The van der Waals surface area contributed by atoms with Crippen molar-refractivity contribution in [2.75, 3.05) is 5.75 Å². The van der Waals surface area contributed by atoms with Gasteiger partial charge in [0.15, 0.2) is 0 Å². The zero-order valence-electron chi connectivity index (χ0n) is 10.3. The Morgan fingerprint density at radius 1 is 1.59 bits per heavy atom. The zero-order chi connectivity index (χ0) is 12.7. The Balaban J connectivity index is 2.52. The summed E-state index contributed by atoms with van der Waals surface area (Å²) in [4.78, 5) is 11.9. The maximum atomic E-state index is 10.6. The molecule has 17 heavy (non-hydrogen) atoms. The zero-order valence-corrected chi connectivity index (χ0v) is 15.3. The summed E-state index contributed by atoms with van der Waals surface area (Å²) in [7, 11) is 0. The van der Waals surface area contributed by atoms with E-state index in [1.54, 1.807) is 11.3 Å². The first-order chi connectivity index (χ1) is 8.19. The molecule has 0 aliphatic carbocycles. The van der Waals surface area contributed by atoms with Gasteiger partial charge in [-0.05, 0) is 0 Å². The van der Waals surface area contributed by atoms with Crippen molar-refractivity contribution < 1.29 is 4.79 Å². The van der Waals surface area contributed by atoms with Crippen LogP contribution in [0.3, 0.4) is 0 Å². The molecule has 5 heteroatoms. The van der Waals surface area contributed by atoms with Gasteiger partial charge >= 0.3 is 121 Å². The molecule has 1 aromatic rings. The Bertz CT molecular complexity index is 341. The van der Waals surface area contributed by atoms with Gasteiger partial charge in [-0.2, -0.15) is 0 Å². The van der Waals surface area contributed by atoms with Crippen LogP contribution < -0.4 is 5.73 Å². The Morgan fingerprint density at radius 2 is 2.35 bits per heavy atom. The van der Waals surface area contributed by atoms with E-state index >= 15 is 0 Å². The molecule has 0 saturated heterocycles. The van der Waals surface area contributed by atoms with E-state index in [1.807, 2.05) is 6.92 Å². The van der Waals surface area contributed by atoms with Crippen molar-refractivity contribution in [2.24, 2.45) is 5.73 Å². The number of nitrogens with two attached hydrogens (primary N) is 1. The molecule has 0 amide bonds. The third-order valence-corrected chi connectivity index (χ3v) is 14.5. The first kappa shape index (κ1) is 15.5. The summed E-state index contributed by atoms with van der Waals surface area (Å²) < 4.78 is 3.35. The fourth-order valence-corrected chi connectivity index (χ4v) is 11.4. The molecule has 2 atom stereocenters. The van der Waals surface area contributed by atoms with Gasteiger partial charge in [0.1, 0.15) is 0 Å². The minimum atomic E-state index is -1.62. The first-order valence-electron chi connectivity index (χ1n) is 6.05. The van der Waals surface area contributed by atoms with Crippen molar-refractivity contribution in [1.82, 2.24) is 0 Å². The second-order valence-electron chi connectivity index (χ2n) is 4.42. The fraction of sp³-hybridized carbons (Fsp3) is 0.583. The molecule has 0 bridgehead atoms. The van der Waals surface area contributed by atoms with Crippen molar-refractivity contribution in [3.8, 4) is 0 Å². The van der Waals surface area contributed by atoms with Gasteiger partial charge in [-0.1, -0.05) is 0 Å². The molecule has 0 aliphatic rings. The molecule has 0 spiro atoms. The molecule has 1 aromatic heterocycles. The fourth-order valence-electron chi connectivity index (χ4n) is 2.01. The molecule has 0 radical (unpaired) electrons. The van der Waals surface area contributed by atoms with Crippen molar-refractivity contribution in [2.45, 2.75) is 32.7 Å². The number of thiol groups is 1. The van der Waals surface area contributed by atoms with Crippen molar-refractivity contribution in [3.63, 3.8) is 0 Å². The number of aryl methyl sites for hydroxylation is 1. The summed E-state index contributed by atoms with van der Waals surface area (Å²) in [6.45, 7) is 2.04. The van der Waals surface area contributed by atoms with Crippen LogP contribution in [-0.4, -0.2) is 31.8 Å². The Morgan fingerprint density at radius 3 is 2.94 bits per heavy atom. The molecule has 2 N–H and O–H groups in total. The summed E-state index contributed by atoms with van der Waals surface area (Å²) in [6.07, 6.45) is 2.23. The Labute approximate surface area is 120 Å². The van der Waals surface area contributed by atoms with Gasteiger partial charge in [0.05, 0.1) is 0 Å². The van der Waals surface area contributed by atoms with Crippen LogP contribution in [0.5, 0.6) is 0 Å². The van der Waals surface area contributed by atoms with Crippen molar-refractivity contribution >= 4 is 50.0 Å². The van der Waals surface area contributed by atoms with E-state index in [2.05, 4.69) is 24.1 Å². The number of aldehydes is 1.